The summed E-state index contributed by atoms with van der Waals surface area (Å²) in [5.41, 5.74) is 0.357. The summed E-state index contributed by atoms with van der Waals surface area (Å²) in [5, 5.41) is 3.48. The van der Waals surface area contributed by atoms with Crippen molar-refractivity contribution >= 4 is 17.4 Å². The molecule has 22 heavy (non-hydrogen) atoms. The summed E-state index contributed by atoms with van der Waals surface area (Å²) in [4.78, 5) is 12.4. The van der Waals surface area contributed by atoms with E-state index < -0.39 is 17.9 Å². The number of carbonyl (C=O) groups is 1. The van der Waals surface area contributed by atoms with Crippen molar-refractivity contribution in [3.05, 3.63) is 46.3 Å². The van der Waals surface area contributed by atoms with E-state index in [-0.39, 0.29) is 22.1 Å². The quantitative estimate of drug-likeness (QED) is 0.782. The van der Waals surface area contributed by atoms with Gasteiger partial charge in [0.05, 0.1) is 16.8 Å². The third-order valence-electron chi connectivity index (χ3n) is 3.21. The van der Waals surface area contributed by atoms with Crippen LogP contribution in [-0.2, 0) is 0 Å². The number of ketones is 1. The zero-order valence-corrected chi connectivity index (χ0v) is 11.7. The fourth-order valence-corrected chi connectivity index (χ4v) is 2.34. The van der Waals surface area contributed by atoms with Gasteiger partial charge in [-0.25, -0.2) is 0 Å². The fraction of sp³-hybridized carbons (Fsp3) is 0.286. The van der Waals surface area contributed by atoms with Crippen molar-refractivity contribution in [1.29, 1.82) is 0 Å². The molecule has 0 atom stereocenters. The number of rotatable bonds is 4. The van der Waals surface area contributed by atoms with Gasteiger partial charge in [0.2, 0.25) is 0 Å². The van der Waals surface area contributed by atoms with Crippen LogP contribution < -0.4 is 4.74 Å². The first kappa shape index (κ1) is 14.9. The van der Waals surface area contributed by atoms with Crippen molar-refractivity contribution in [2.45, 2.75) is 25.1 Å². The topological polar surface area (TPSA) is 52.3 Å². The number of ether oxygens (including phenoxy) is 1. The highest BCUT2D eigenvalue weighted by Gasteiger charge is 2.34. The number of hydrogen-bond donors (Lipinski definition) is 0. The lowest BCUT2D eigenvalue weighted by molar-refractivity contribution is -0.274. The summed E-state index contributed by atoms with van der Waals surface area (Å²) >= 11 is 5.90. The third kappa shape index (κ3) is 3.09. The Bertz CT molecular complexity index is 722. The van der Waals surface area contributed by atoms with Gasteiger partial charge in [-0.05, 0) is 31.0 Å². The first-order valence-electron chi connectivity index (χ1n) is 6.40. The van der Waals surface area contributed by atoms with E-state index in [4.69, 9.17) is 16.1 Å². The molecule has 116 valence electrons. The maximum Gasteiger partial charge on any atom is 0.573 e. The van der Waals surface area contributed by atoms with Gasteiger partial charge in [-0.1, -0.05) is 16.8 Å². The Labute approximate surface area is 127 Å². The predicted molar refractivity (Wildman–Crippen MR) is 70.0 cm³/mol. The Morgan fingerprint density at radius 3 is 2.64 bits per heavy atom. The van der Waals surface area contributed by atoms with Crippen LogP contribution in [0, 0.1) is 0 Å². The lowest BCUT2D eigenvalue weighted by atomic mass is 10.0. The number of alkyl halides is 3. The van der Waals surface area contributed by atoms with E-state index in [1.165, 1.54) is 12.3 Å². The van der Waals surface area contributed by atoms with E-state index >= 15 is 0 Å². The van der Waals surface area contributed by atoms with Gasteiger partial charge in [-0.15, -0.1) is 13.2 Å². The first-order valence-corrected chi connectivity index (χ1v) is 6.77. The second kappa shape index (κ2) is 5.31. The fourth-order valence-electron chi connectivity index (χ4n) is 2.08. The van der Waals surface area contributed by atoms with Gasteiger partial charge < -0.3 is 9.26 Å². The van der Waals surface area contributed by atoms with Crippen LogP contribution in [0.3, 0.4) is 0 Å². The summed E-state index contributed by atoms with van der Waals surface area (Å²) in [5.74, 6) is -0.252. The Kier molecular flexibility index (Phi) is 3.60. The molecular weight excluding hydrogens is 323 g/mol. The van der Waals surface area contributed by atoms with Gasteiger partial charge in [0, 0.05) is 11.5 Å². The highest BCUT2D eigenvalue weighted by Crippen LogP contribution is 2.42. The third-order valence-corrected chi connectivity index (χ3v) is 3.52. The molecule has 3 rings (SSSR count). The van der Waals surface area contributed by atoms with Crippen LogP contribution in [0.5, 0.6) is 5.75 Å². The first-order chi connectivity index (χ1) is 10.3. The molecule has 1 aliphatic rings. The maximum absolute atomic E-state index is 12.4. The minimum Gasteiger partial charge on any atom is -0.406 e. The molecule has 0 amide bonds. The van der Waals surface area contributed by atoms with Crippen LogP contribution in [0.4, 0.5) is 13.2 Å². The van der Waals surface area contributed by atoms with Crippen LogP contribution in [0.1, 0.15) is 40.4 Å². The lowest BCUT2D eigenvalue weighted by Gasteiger charge is -2.10. The van der Waals surface area contributed by atoms with E-state index in [0.717, 1.165) is 25.0 Å². The van der Waals surface area contributed by atoms with Gasteiger partial charge >= 0.3 is 6.36 Å². The van der Waals surface area contributed by atoms with Crippen molar-refractivity contribution < 1.29 is 27.2 Å². The summed E-state index contributed by atoms with van der Waals surface area (Å²) in [6.45, 7) is 0. The van der Waals surface area contributed by atoms with E-state index in [2.05, 4.69) is 9.89 Å². The molecule has 1 aromatic heterocycles. The second-order valence-corrected chi connectivity index (χ2v) is 5.30. The second-order valence-electron chi connectivity index (χ2n) is 4.90. The molecule has 0 bridgehead atoms. The van der Waals surface area contributed by atoms with Crippen LogP contribution in [0.25, 0.3) is 0 Å². The SMILES string of the molecule is O=C(c1ccc(OC(F)(F)F)cc1Cl)c1cnoc1C1CC1. The molecule has 0 spiro atoms. The Morgan fingerprint density at radius 1 is 1.32 bits per heavy atom. The average molecular weight is 332 g/mol. The lowest BCUT2D eigenvalue weighted by Crippen LogP contribution is -2.17. The maximum atomic E-state index is 12.4. The molecule has 1 heterocycles. The van der Waals surface area contributed by atoms with Gasteiger partial charge in [-0.2, -0.15) is 0 Å². The number of halogens is 4. The Hall–Kier alpha value is -2.02. The molecule has 0 radical (unpaired) electrons. The number of aromatic nitrogens is 1. The van der Waals surface area contributed by atoms with Crippen LogP contribution >= 0.6 is 11.6 Å². The summed E-state index contributed by atoms with van der Waals surface area (Å²) in [6, 6.07) is 3.18. The molecule has 1 aliphatic carbocycles. The van der Waals surface area contributed by atoms with Gasteiger partial charge in [0.15, 0.2) is 11.5 Å². The van der Waals surface area contributed by atoms with Crippen molar-refractivity contribution in [1.82, 2.24) is 5.16 Å². The number of nitrogens with zero attached hydrogens (tertiary/aromatic N) is 1. The normalized spacial score (nSPS) is 14.9. The number of hydrogen-bond acceptors (Lipinski definition) is 4. The zero-order chi connectivity index (χ0) is 15.9. The van der Waals surface area contributed by atoms with Gasteiger partial charge in [0.25, 0.3) is 0 Å². The molecule has 0 saturated heterocycles. The summed E-state index contributed by atoms with van der Waals surface area (Å²) in [7, 11) is 0. The largest absolute Gasteiger partial charge is 0.573 e. The molecule has 8 heteroatoms. The summed E-state index contributed by atoms with van der Waals surface area (Å²) in [6.07, 6.45) is -1.68. The molecule has 1 aromatic carbocycles. The average Bonchev–Trinajstić information content (AvgIpc) is 3.14. The highest BCUT2D eigenvalue weighted by atomic mass is 35.5. The van der Waals surface area contributed by atoms with E-state index in [1.807, 2.05) is 0 Å². The smallest absolute Gasteiger partial charge is 0.406 e. The zero-order valence-electron chi connectivity index (χ0n) is 11.0. The molecule has 0 unspecified atom stereocenters. The molecule has 0 aliphatic heterocycles. The molecule has 0 N–H and O–H groups in total. The minimum absolute atomic E-state index is 0.0706. The molecular formula is C14H9ClF3NO3. The minimum atomic E-state index is -4.82. The van der Waals surface area contributed by atoms with Crippen LogP contribution in [-0.4, -0.2) is 17.3 Å². The van der Waals surface area contributed by atoms with Crippen molar-refractivity contribution in [3.8, 4) is 5.75 Å². The molecule has 2 aromatic rings. The molecule has 1 fully saturated rings. The highest BCUT2D eigenvalue weighted by molar-refractivity contribution is 6.35. The van der Waals surface area contributed by atoms with Gasteiger partial charge in [0.1, 0.15) is 5.75 Å². The monoisotopic (exact) mass is 331 g/mol. The van der Waals surface area contributed by atoms with E-state index in [0.29, 0.717) is 5.76 Å². The van der Waals surface area contributed by atoms with Gasteiger partial charge in [-0.3, -0.25) is 4.79 Å². The van der Waals surface area contributed by atoms with Crippen LogP contribution in [0.2, 0.25) is 5.02 Å². The van der Waals surface area contributed by atoms with E-state index in [1.54, 1.807) is 0 Å². The standard InChI is InChI=1S/C14H9ClF3NO3/c15-11-5-8(21-14(16,17)18)3-4-9(11)12(20)10-6-19-22-13(10)7-1-2-7/h3-7H,1-2H2. The van der Waals surface area contributed by atoms with Crippen molar-refractivity contribution in [3.63, 3.8) is 0 Å². The number of carbonyl (C=O) groups excluding carboxylic acids is 1. The van der Waals surface area contributed by atoms with Crippen LogP contribution in [0.15, 0.2) is 28.9 Å². The molecule has 1 saturated carbocycles. The summed E-state index contributed by atoms with van der Waals surface area (Å²) < 4.78 is 45.3. The Balaban J connectivity index is 1.88. The molecule has 4 nitrogen and oxygen atoms in total. The predicted octanol–water partition coefficient (Wildman–Crippen LogP) is 4.34. The van der Waals surface area contributed by atoms with Crippen molar-refractivity contribution in [2.75, 3.05) is 0 Å². The van der Waals surface area contributed by atoms with Crippen molar-refractivity contribution in [2.24, 2.45) is 0 Å². The number of benzene rings is 1. The van der Waals surface area contributed by atoms with E-state index in [9.17, 15) is 18.0 Å². The Morgan fingerprint density at radius 2 is 2.05 bits per heavy atom.